The second kappa shape index (κ2) is 5.53. The van der Waals surface area contributed by atoms with Crippen LogP contribution in [0.3, 0.4) is 0 Å². The number of nitrogens with zero attached hydrogens (tertiary/aromatic N) is 2. The molecular formula is C9H14N4OS. The van der Waals surface area contributed by atoms with Crippen molar-refractivity contribution in [2.75, 3.05) is 33.4 Å². The molecule has 1 aliphatic heterocycles. The van der Waals surface area contributed by atoms with E-state index in [9.17, 15) is 0 Å². The van der Waals surface area contributed by atoms with Gasteiger partial charge in [-0.2, -0.15) is 5.26 Å². The van der Waals surface area contributed by atoms with Crippen LogP contribution in [0, 0.1) is 11.3 Å². The number of likely N-dealkylation sites (N-methyl/N-ethyl adjacent to an activating group) is 1. The Labute approximate surface area is 94.5 Å². The molecule has 0 aromatic heterocycles. The normalized spacial score (nSPS) is 17.7. The fourth-order valence-corrected chi connectivity index (χ4v) is 1.46. The van der Waals surface area contributed by atoms with Crippen LogP contribution < -0.4 is 11.1 Å². The summed E-state index contributed by atoms with van der Waals surface area (Å²) < 4.78 is 5.20. The van der Waals surface area contributed by atoms with E-state index in [0.717, 1.165) is 0 Å². The molecule has 0 aromatic rings. The summed E-state index contributed by atoms with van der Waals surface area (Å²) in [4.78, 5) is 2.28. The lowest BCUT2D eigenvalue weighted by Gasteiger charge is -2.29. The first-order valence-corrected chi connectivity index (χ1v) is 5.06. The Kier molecular flexibility index (Phi) is 4.34. The molecule has 0 amide bonds. The Hall–Kier alpha value is -1.32. The molecule has 1 aliphatic rings. The van der Waals surface area contributed by atoms with Crippen molar-refractivity contribution in [3.05, 3.63) is 11.4 Å². The van der Waals surface area contributed by atoms with E-state index in [0.29, 0.717) is 42.7 Å². The number of nitriles is 1. The maximum atomic E-state index is 8.96. The zero-order valence-corrected chi connectivity index (χ0v) is 9.43. The monoisotopic (exact) mass is 226 g/mol. The minimum absolute atomic E-state index is 0.328. The molecule has 1 heterocycles. The molecular weight excluding hydrogens is 212 g/mol. The zero-order chi connectivity index (χ0) is 11.3. The summed E-state index contributed by atoms with van der Waals surface area (Å²) >= 11 is 4.99. The van der Waals surface area contributed by atoms with Crippen molar-refractivity contribution in [3.63, 3.8) is 0 Å². The third-order valence-corrected chi connectivity index (χ3v) is 2.58. The standard InChI is InChI=1S/C9H14N4OS/c1-12-9(15)7(6-10)8(11)13-2-4-14-5-3-13/h2-5,11H2,1H3,(H,12,15)/b8-7+. The molecule has 0 atom stereocenters. The number of hydrogen-bond acceptors (Lipinski definition) is 5. The summed E-state index contributed by atoms with van der Waals surface area (Å²) in [5.41, 5.74) is 6.21. The Morgan fingerprint density at radius 2 is 2.13 bits per heavy atom. The van der Waals surface area contributed by atoms with Crippen LogP contribution in [-0.4, -0.2) is 43.2 Å². The third kappa shape index (κ3) is 2.81. The van der Waals surface area contributed by atoms with Crippen LogP contribution >= 0.6 is 12.2 Å². The Bertz CT molecular complexity index is 315. The van der Waals surface area contributed by atoms with Gasteiger partial charge in [0.2, 0.25) is 0 Å². The number of rotatable bonds is 2. The first kappa shape index (κ1) is 11.8. The number of hydrogen-bond donors (Lipinski definition) is 2. The molecule has 0 aliphatic carbocycles. The lowest BCUT2D eigenvalue weighted by atomic mass is 10.2. The lowest BCUT2D eigenvalue weighted by molar-refractivity contribution is 0.0528. The van der Waals surface area contributed by atoms with Gasteiger partial charge in [0.15, 0.2) is 0 Å². The predicted octanol–water partition coefficient (Wildman–Crippen LogP) is -0.441. The number of thiocarbonyl (C=S) groups is 1. The van der Waals surface area contributed by atoms with Crippen LogP contribution in [0.1, 0.15) is 0 Å². The van der Waals surface area contributed by atoms with E-state index in [-0.39, 0.29) is 0 Å². The van der Waals surface area contributed by atoms with Gasteiger partial charge in [0.1, 0.15) is 22.5 Å². The molecule has 1 fully saturated rings. The summed E-state index contributed by atoms with van der Waals surface area (Å²) in [6.07, 6.45) is 0. The van der Waals surface area contributed by atoms with Crippen LogP contribution in [0.4, 0.5) is 0 Å². The van der Waals surface area contributed by atoms with E-state index in [2.05, 4.69) is 5.32 Å². The van der Waals surface area contributed by atoms with E-state index in [1.807, 2.05) is 11.0 Å². The second-order valence-electron chi connectivity index (χ2n) is 3.05. The highest BCUT2D eigenvalue weighted by atomic mass is 32.1. The third-order valence-electron chi connectivity index (χ3n) is 2.17. The molecule has 0 unspecified atom stereocenters. The average Bonchev–Trinajstić information content (AvgIpc) is 2.30. The molecule has 5 nitrogen and oxygen atoms in total. The average molecular weight is 226 g/mol. The highest BCUT2D eigenvalue weighted by Crippen LogP contribution is 2.08. The quantitative estimate of drug-likeness (QED) is 0.378. The maximum Gasteiger partial charge on any atom is 0.126 e. The van der Waals surface area contributed by atoms with Crippen molar-refractivity contribution in [2.45, 2.75) is 0 Å². The van der Waals surface area contributed by atoms with E-state index in [4.69, 9.17) is 28.0 Å². The molecule has 1 saturated heterocycles. The van der Waals surface area contributed by atoms with E-state index < -0.39 is 0 Å². The van der Waals surface area contributed by atoms with Gasteiger partial charge in [0, 0.05) is 20.1 Å². The van der Waals surface area contributed by atoms with Crippen LogP contribution in [0.5, 0.6) is 0 Å². The molecule has 82 valence electrons. The van der Waals surface area contributed by atoms with Crippen LogP contribution in [0.25, 0.3) is 0 Å². The zero-order valence-electron chi connectivity index (χ0n) is 8.62. The van der Waals surface area contributed by atoms with E-state index in [1.165, 1.54) is 0 Å². The van der Waals surface area contributed by atoms with Crippen molar-refractivity contribution in [2.24, 2.45) is 5.73 Å². The van der Waals surface area contributed by atoms with Gasteiger partial charge in [-0.1, -0.05) is 12.2 Å². The Morgan fingerprint density at radius 3 is 2.60 bits per heavy atom. The van der Waals surface area contributed by atoms with Gasteiger partial charge in [0.05, 0.1) is 13.2 Å². The van der Waals surface area contributed by atoms with Gasteiger partial charge in [-0.15, -0.1) is 0 Å². The molecule has 3 N–H and O–H groups in total. The van der Waals surface area contributed by atoms with Crippen molar-refractivity contribution in [1.29, 1.82) is 5.26 Å². The SMILES string of the molecule is CNC(=S)/C(C#N)=C(\N)N1CCOCC1. The van der Waals surface area contributed by atoms with E-state index in [1.54, 1.807) is 7.05 Å². The highest BCUT2D eigenvalue weighted by Gasteiger charge is 2.16. The predicted molar refractivity (Wildman–Crippen MR) is 60.9 cm³/mol. The lowest BCUT2D eigenvalue weighted by Crippen LogP contribution is -2.40. The molecule has 0 bridgehead atoms. The first-order chi connectivity index (χ1) is 7.20. The smallest absolute Gasteiger partial charge is 0.126 e. The number of ether oxygens (including phenoxy) is 1. The molecule has 15 heavy (non-hydrogen) atoms. The highest BCUT2D eigenvalue weighted by molar-refractivity contribution is 7.80. The topological polar surface area (TPSA) is 74.3 Å². The molecule has 0 aromatic carbocycles. The minimum Gasteiger partial charge on any atom is -0.384 e. The summed E-state index contributed by atoms with van der Waals surface area (Å²) in [5, 5.41) is 11.7. The fourth-order valence-electron chi connectivity index (χ4n) is 1.31. The molecule has 0 saturated carbocycles. The summed E-state index contributed by atoms with van der Waals surface area (Å²) in [7, 11) is 1.67. The van der Waals surface area contributed by atoms with Crippen LogP contribution in [-0.2, 0) is 4.74 Å². The van der Waals surface area contributed by atoms with E-state index >= 15 is 0 Å². The van der Waals surface area contributed by atoms with Crippen molar-refractivity contribution >= 4 is 17.2 Å². The maximum absolute atomic E-state index is 8.96. The summed E-state index contributed by atoms with van der Waals surface area (Å²) in [6, 6.07) is 2.02. The first-order valence-electron chi connectivity index (χ1n) is 4.65. The summed E-state index contributed by atoms with van der Waals surface area (Å²) in [6.45, 7) is 2.66. The van der Waals surface area contributed by atoms with Gasteiger partial charge in [-0.25, -0.2) is 0 Å². The van der Waals surface area contributed by atoms with Gasteiger partial charge < -0.3 is 20.7 Å². The number of nitrogens with one attached hydrogen (secondary N) is 1. The number of morpholine rings is 1. The molecule has 6 heteroatoms. The van der Waals surface area contributed by atoms with Crippen molar-refractivity contribution in [3.8, 4) is 6.07 Å². The van der Waals surface area contributed by atoms with Crippen LogP contribution in [0.15, 0.2) is 11.4 Å². The molecule has 1 rings (SSSR count). The fraction of sp³-hybridized carbons (Fsp3) is 0.556. The molecule has 0 spiro atoms. The van der Waals surface area contributed by atoms with Gasteiger partial charge in [0.25, 0.3) is 0 Å². The Morgan fingerprint density at radius 1 is 1.53 bits per heavy atom. The molecule has 0 radical (unpaired) electrons. The summed E-state index contributed by atoms with van der Waals surface area (Å²) in [5.74, 6) is 0.431. The van der Waals surface area contributed by atoms with Crippen molar-refractivity contribution < 1.29 is 4.74 Å². The van der Waals surface area contributed by atoms with Crippen LogP contribution in [0.2, 0.25) is 0 Å². The van der Waals surface area contributed by atoms with Crippen molar-refractivity contribution in [1.82, 2.24) is 10.2 Å². The van der Waals surface area contributed by atoms with Gasteiger partial charge in [-0.3, -0.25) is 0 Å². The largest absolute Gasteiger partial charge is 0.384 e. The Balaban J connectivity index is 2.84. The minimum atomic E-state index is 0.328. The van der Waals surface area contributed by atoms with Gasteiger partial charge in [-0.05, 0) is 0 Å². The second-order valence-corrected chi connectivity index (χ2v) is 3.46. The van der Waals surface area contributed by atoms with Gasteiger partial charge >= 0.3 is 0 Å². The number of nitrogens with two attached hydrogens (primary N) is 1.